The number of aromatic nitrogens is 1. The van der Waals surface area contributed by atoms with E-state index in [2.05, 4.69) is 17.2 Å². The van der Waals surface area contributed by atoms with Gasteiger partial charge in [0.15, 0.2) is 0 Å². The quantitative estimate of drug-likeness (QED) is 0.810. The molecule has 108 valence electrons. The molecule has 1 rings (SSSR count). The Bertz CT molecular complexity index is 413. The van der Waals surface area contributed by atoms with Crippen LogP contribution in [0.25, 0.3) is 0 Å². The summed E-state index contributed by atoms with van der Waals surface area (Å²) in [6.45, 7) is 7.47. The first-order chi connectivity index (χ1) is 9.01. The standard InChI is InChI=1S/C13H21Cl2N3O/c1-4-5-16-12-10(14)8-11(15)13(17-12)18(6-7-19)9(2)3/h8-9,19H,4-7H2,1-3H3,(H,16,17). The molecule has 2 N–H and O–H groups in total. The van der Waals surface area contributed by atoms with Gasteiger partial charge in [0.2, 0.25) is 0 Å². The van der Waals surface area contributed by atoms with Crippen LogP contribution in [0.3, 0.4) is 0 Å². The molecule has 1 aromatic heterocycles. The molecule has 0 spiro atoms. The van der Waals surface area contributed by atoms with Crippen molar-refractivity contribution in [1.82, 2.24) is 4.98 Å². The van der Waals surface area contributed by atoms with Crippen LogP contribution in [0.4, 0.5) is 11.6 Å². The van der Waals surface area contributed by atoms with Gasteiger partial charge >= 0.3 is 0 Å². The number of hydrogen-bond donors (Lipinski definition) is 2. The third-order valence-electron chi connectivity index (χ3n) is 2.69. The van der Waals surface area contributed by atoms with Crippen molar-refractivity contribution < 1.29 is 5.11 Å². The Morgan fingerprint density at radius 1 is 1.37 bits per heavy atom. The van der Waals surface area contributed by atoms with E-state index in [-0.39, 0.29) is 12.6 Å². The van der Waals surface area contributed by atoms with Crippen LogP contribution in [0.5, 0.6) is 0 Å². The van der Waals surface area contributed by atoms with Crippen LogP contribution in [0, 0.1) is 0 Å². The Morgan fingerprint density at radius 2 is 2.05 bits per heavy atom. The zero-order valence-electron chi connectivity index (χ0n) is 11.6. The number of aliphatic hydroxyl groups excluding tert-OH is 1. The summed E-state index contributed by atoms with van der Waals surface area (Å²) < 4.78 is 0. The Kier molecular flexibility index (Phi) is 6.69. The molecule has 19 heavy (non-hydrogen) atoms. The fraction of sp³-hybridized carbons (Fsp3) is 0.615. The van der Waals surface area contributed by atoms with Gasteiger partial charge in [0.1, 0.15) is 11.6 Å². The highest BCUT2D eigenvalue weighted by atomic mass is 35.5. The van der Waals surface area contributed by atoms with Crippen LogP contribution >= 0.6 is 23.2 Å². The van der Waals surface area contributed by atoms with E-state index in [9.17, 15) is 0 Å². The van der Waals surface area contributed by atoms with Gasteiger partial charge in [-0.15, -0.1) is 0 Å². The largest absolute Gasteiger partial charge is 0.395 e. The summed E-state index contributed by atoms with van der Waals surface area (Å²) in [4.78, 5) is 6.44. The second-order valence-electron chi connectivity index (χ2n) is 4.56. The summed E-state index contributed by atoms with van der Waals surface area (Å²) >= 11 is 12.3. The molecule has 0 radical (unpaired) electrons. The molecule has 1 heterocycles. The van der Waals surface area contributed by atoms with E-state index < -0.39 is 0 Å². The molecule has 0 fully saturated rings. The van der Waals surface area contributed by atoms with Gasteiger partial charge in [-0.2, -0.15) is 0 Å². The Hall–Kier alpha value is -0.710. The minimum atomic E-state index is 0.0521. The van der Waals surface area contributed by atoms with Gasteiger partial charge in [-0.1, -0.05) is 30.1 Å². The fourth-order valence-corrected chi connectivity index (χ4v) is 2.28. The zero-order chi connectivity index (χ0) is 14.4. The smallest absolute Gasteiger partial charge is 0.150 e. The number of anilines is 2. The maximum Gasteiger partial charge on any atom is 0.150 e. The van der Waals surface area contributed by atoms with E-state index in [0.29, 0.717) is 28.2 Å². The van der Waals surface area contributed by atoms with E-state index in [1.54, 1.807) is 6.07 Å². The molecule has 0 aliphatic heterocycles. The second-order valence-corrected chi connectivity index (χ2v) is 5.38. The average Bonchev–Trinajstić information content (AvgIpc) is 2.35. The first kappa shape index (κ1) is 16.3. The zero-order valence-corrected chi connectivity index (χ0v) is 13.1. The summed E-state index contributed by atoms with van der Waals surface area (Å²) in [6.07, 6.45) is 0.987. The summed E-state index contributed by atoms with van der Waals surface area (Å²) in [5.74, 6) is 1.28. The van der Waals surface area contributed by atoms with E-state index in [4.69, 9.17) is 28.3 Å². The van der Waals surface area contributed by atoms with E-state index in [0.717, 1.165) is 13.0 Å². The van der Waals surface area contributed by atoms with Gasteiger partial charge in [-0.3, -0.25) is 0 Å². The molecular weight excluding hydrogens is 285 g/mol. The van der Waals surface area contributed by atoms with Crippen LogP contribution in [0.1, 0.15) is 27.2 Å². The van der Waals surface area contributed by atoms with Gasteiger partial charge in [0, 0.05) is 19.1 Å². The number of halogens is 2. The van der Waals surface area contributed by atoms with Crippen LogP contribution in [0.15, 0.2) is 6.07 Å². The third-order valence-corrected chi connectivity index (χ3v) is 3.26. The van der Waals surface area contributed by atoms with Crippen molar-refractivity contribution in [2.45, 2.75) is 33.2 Å². The lowest BCUT2D eigenvalue weighted by molar-refractivity contribution is 0.298. The Labute approximate surface area is 124 Å². The summed E-state index contributed by atoms with van der Waals surface area (Å²) in [6, 6.07) is 1.88. The number of nitrogens with one attached hydrogen (secondary N) is 1. The molecule has 0 aromatic carbocycles. The van der Waals surface area contributed by atoms with Crippen molar-refractivity contribution in [2.24, 2.45) is 0 Å². The number of aliphatic hydroxyl groups is 1. The van der Waals surface area contributed by atoms with Crippen LogP contribution in [0.2, 0.25) is 10.0 Å². The van der Waals surface area contributed by atoms with Crippen molar-refractivity contribution in [3.05, 3.63) is 16.1 Å². The normalized spacial score (nSPS) is 10.9. The highest BCUT2D eigenvalue weighted by molar-refractivity contribution is 6.37. The molecule has 0 saturated heterocycles. The third kappa shape index (κ3) is 4.41. The molecule has 4 nitrogen and oxygen atoms in total. The van der Waals surface area contributed by atoms with Gasteiger partial charge in [-0.25, -0.2) is 4.98 Å². The second kappa shape index (κ2) is 7.78. The molecule has 0 bridgehead atoms. The van der Waals surface area contributed by atoms with Crippen molar-refractivity contribution in [1.29, 1.82) is 0 Å². The number of nitrogens with zero attached hydrogens (tertiary/aromatic N) is 2. The van der Waals surface area contributed by atoms with Gasteiger partial charge in [0.25, 0.3) is 0 Å². The molecule has 0 unspecified atom stereocenters. The van der Waals surface area contributed by atoms with Gasteiger partial charge in [-0.05, 0) is 26.3 Å². The first-order valence-corrected chi connectivity index (χ1v) is 7.24. The first-order valence-electron chi connectivity index (χ1n) is 6.48. The summed E-state index contributed by atoms with van der Waals surface area (Å²) in [7, 11) is 0. The van der Waals surface area contributed by atoms with Gasteiger partial charge in [0.05, 0.1) is 16.7 Å². The molecular formula is C13H21Cl2N3O. The minimum Gasteiger partial charge on any atom is -0.395 e. The number of rotatable bonds is 7. The van der Waals surface area contributed by atoms with Crippen molar-refractivity contribution >= 4 is 34.8 Å². The molecule has 1 aromatic rings. The van der Waals surface area contributed by atoms with Crippen molar-refractivity contribution in [3.63, 3.8) is 0 Å². The highest BCUT2D eigenvalue weighted by Crippen LogP contribution is 2.32. The minimum absolute atomic E-state index is 0.0521. The highest BCUT2D eigenvalue weighted by Gasteiger charge is 2.17. The van der Waals surface area contributed by atoms with Crippen LogP contribution in [-0.4, -0.2) is 35.8 Å². The molecule has 6 heteroatoms. The van der Waals surface area contributed by atoms with Crippen molar-refractivity contribution in [2.75, 3.05) is 29.9 Å². The maximum absolute atomic E-state index is 9.15. The Balaban J connectivity index is 3.10. The van der Waals surface area contributed by atoms with Crippen LogP contribution < -0.4 is 10.2 Å². The maximum atomic E-state index is 9.15. The molecule has 0 aliphatic carbocycles. The lowest BCUT2D eigenvalue weighted by atomic mass is 10.3. The van der Waals surface area contributed by atoms with E-state index >= 15 is 0 Å². The number of hydrogen-bond acceptors (Lipinski definition) is 4. The number of pyridine rings is 1. The topological polar surface area (TPSA) is 48.4 Å². The van der Waals surface area contributed by atoms with E-state index in [1.807, 2.05) is 18.7 Å². The molecule has 0 amide bonds. The van der Waals surface area contributed by atoms with Crippen LogP contribution in [-0.2, 0) is 0 Å². The summed E-state index contributed by atoms with van der Waals surface area (Å²) in [5.41, 5.74) is 0. The lowest BCUT2D eigenvalue weighted by Gasteiger charge is -2.28. The van der Waals surface area contributed by atoms with Gasteiger partial charge < -0.3 is 15.3 Å². The molecule has 0 saturated carbocycles. The summed E-state index contributed by atoms with van der Waals surface area (Å²) in [5, 5.41) is 13.3. The average molecular weight is 306 g/mol. The Morgan fingerprint density at radius 3 is 2.58 bits per heavy atom. The molecule has 0 aliphatic rings. The monoisotopic (exact) mass is 305 g/mol. The van der Waals surface area contributed by atoms with Crippen molar-refractivity contribution in [3.8, 4) is 0 Å². The molecule has 0 atom stereocenters. The fourth-order valence-electron chi connectivity index (χ4n) is 1.74. The van der Waals surface area contributed by atoms with E-state index in [1.165, 1.54) is 0 Å². The lowest BCUT2D eigenvalue weighted by Crippen LogP contribution is -2.34. The predicted molar refractivity (Wildman–Crippen MR) is 82.6 cm³/mol. The predicted octanol–water partition coefficient (Wildman–Crippen LogP) is 3.42. The SMILES string of the molecule is CCCNc1nc(N(CCO)C(C)C)c(Cl)cc1Cl.